The molecule has 1 N–H and O–H groups in total. The van der Waals surface area contributed by atoms with Crippen molar-refractivity contribution in [2.75, 3.05) is 6.61 Å². The Morgan fingerprint density at radius 3 is 2.78 bits per heavy atom. The van der Waals surface area contributed by atoms with Crippen LogP contribution in [0.1, 0.15) is 20.3 Å². The van der Waals surface area contributed by atoms with E-state index in [0.29, 0.717) is 5.88 Å². The van der Waals surface area contributed by atoms with Gasteiger partial charge in [-0.25, -0.2) is 0 Å². The molecule has 0 aromatic carbocycles. The second-order valence-corrected chi connectivity index (χ2v) is 2.75. The van der Waals surface area contributed by atoms with Crippen LogP contribution in [0.5, 0.6) is 0 Å². The molecule has 0 bridgehead atoms. The fraction of sp³-hybridized carbons (Fsp3) is 0.714. The van der Waals surface area contributed by atoms with Crippen molar-refractivity contribution in [2.45, 2.75) is 25.8 Å². The van der Waals surface area contributed by atoms with Gasteiger partial charge in [0.05, 0.1) is 5.54 Å². The van der Waals surface area contributed by atoms with Crippen LogP contribution < -0.4 is 5.32 Å². The predicted molar refractivity (Wildman–Crippen MR) is 36.9 cm³/mol. The minimum atomic E-state index is 0.136. The smallest absolute Gasteiger partial charge is 0.179 e. The Bertz CT molecular complexity index is 133. The van der Waals surface area contributed by atoms with Gasteiger partial charge in [0.2, 0.25) is 0 Å². The first-order chi connectivity index (χ1) is 4.16. The van der Waals surface area contributed by atoms with E-state index >= 15 is 0 Å². The lowest BCUT2D eigenvalue weighted by Gasteiger charge is -2.18. The highest BCUT2D eigenvalue weighted by molar-refractivity contribution is 4.98. The maximum absolute atomic E-state index is 5.15. The van der Waals surface area contributed by atoms with Crippen LogP contribution in [0, 0.1) is 0 Å². The molecule has 1 atom stereocenters. The Hall–Kier alpha value is -0.660. The number of hydrogen-bond donors (Lipinski definition) is 1. The summed E-state index contributed by atoms with van der Waals surface area (Å²) in [5, 5.41) is 3.16. The number of rotatable bonds is 1. The van der Waals surface area contributed by atoms with E-state index in [1.54, 1.807) is 0 Å². The molecule has 1 rings (SSSR count). The Labute approximate surface area is 55.9 Å². The lowest BCUT2D eigenvalue weighted by molar-refractivity contribution is 0.229. The first-order valence-electron chi connectivity index (χ1n) is 3.26. The normalized spacial score (nSPS) is 33.8. The minimum absolute atomic E-state index is 0.136. The Morgan fingerprint density at radius 1 is 1.89 bits per heavy atom. The standard InChI is InChI=1S/C7H13NO/c1-4-7(3)5-9-6(2)8-7/h8H,2,4-5H2,1,3H3. The van der Waals surface area contributed by atoms with E-state index in [1.807, 2.05) is 0 Å². The van der Waals surface area contributed by atoms with Crippen LogP contribution in [0.2, 0.25) is 0 Å². The second-order valence-electron chi connectivity index (χ2n) is 2.75. The van der Waals surface area contributed by atoms with E-state index in [4.69, 9.17) is 4.74 Å². The Morgan fingerprint density at radius 2 is 2.56 bits per heavy atom. The fourth-order valence-corrected chi connectivity index (χ4v) is 0.846. The molecule has 2 nitrogen and oxygen atoms in total. The van der Waals surface area contributed by atoms with Crippen molar-refractivity contribution < 1.29 is 4.74 Å². The lowest BCUT2D eigenvalue weighted by atomic mass is 10.0. The van der Waals surface area contributed by atoms with Gasteiger partial charge in [-0.15, -0.1) is 0 Å². The molecular weight excluding hydrogens is 114 g/mol. The maximum Gasteiger partial charge on any atom is 0.179 e. The van der Waals surface area contributed by atoms with Gasteiger partial charge in [0.1, 0.15) is 6.61 Å². The third kappa shape index (κ3) is 1.18. The molecule has 52 valence electrons. The van der Waals surface area contributed by atoms with E-state index in [9.17, 15) is 0 Å². The van der Waals surface area contributed by atoms with Crippen molar-refractivity contribution in [3.63, 3.8) is 0 Å². The highest BCUT2D eigenvalue weighted by atomic mass is 16.5. The van der Waals surface area contributed by atoms with Gasteiger partial charge in [-0.3, -0.25) is 0 Å². The van der Waals surface area contributed by atoms with Gasteiger partial charge in [0.15, 0.2) is 5.88 Å². The molecule has 1 heterocycles. The van der Waals surface area contributed by atoms with E-state index in [-0.39, 0.29) is 5.54 Å². The summed E-state index contributed by atoms with van der Waals surface area (Å²) in [5.74, 6) is 0.708. The number of ether oxygens (including phenoxy) is 1. The third-order valence-corrected chi connectivity index (χ3v) is 1.79. The summed E-state index contributed by atoms with van der Waals surface area (Å²) < 4.78 is 5.15. The zero-order valence-electron chi connectivity index (χ0n) is 6.03. The SMILES string of the molecule is C=C1NC(C)(CC)CO1. The van der Waals surface area contributed by atoms with E-state index < -0.39 is 0 Å². The molecule has 2 heteroatoms. The van der Waals surface area contributed by atoms with Crippen LogP contribution >= 0.6 is 0 Å². The quantitative estimate of drug-likeness (QED) is 0.572. The number of nitrogens with one attached hydrogen (secondary N) is 1. The predicted octanol–water partition coefficient (Wildman–Crippen LogP) is 1.25. The first-order valence-corrected chi connectivity index (χ1v) is 3.26. The third-order valence-electron chi connectivity index (χ3n) is 1.79. The molecule has 1 fully saturated rings. The van der Waals surface area contributed by atoms with E-state index in [2.05, 4.69) is 25.7 Å². The molecule has 1 aliphatic heterocycles. The van der Waals surface area contributed by atoms with Gasteiger partial charge in [-0.2, -0.15) is 0 Å². The van der Waals surface area contributed by atoms with Gasteiger partial charge in [-0.1, -0.05) is 6.92 Å². The molecule has 9 heavy (non-hydrogen) atoms. The van der Waals surface area contributed by atoms with Crippen molar-refractivity contribution in [1.82, 2.24) is 5.32 Å². The summed E-state index contributed by atoms with van der Waals surface area (Å²) in [5.41, 5.74) is 0.136. The van der Waals surface area contributed by atoms with Gasteiger partial charge in [-0.05, 0) is 19.9 Å². The van der Waals surface area contributed by atoms with Crippen molar-refractivity contribution in [3.8, 4) is 0 Å². The molecule has 1 aliphatic rings. The van der Waals surface area contributed by atoms with Crippen molar-refractivity contribution in [1.29, 1.82) is 0 Å². The van der Waals surface area contributed by atoms with Gasteiger partial charge < -0.3 is 10.1 Å². The topological polar surface area (TPSA) is 21.3 Å². The van der Waals surface area contributed by atoms with Crippen LogP contribution in [0.4, 0.5) is 0 Å². The molecular formula is C7H13NO. The molecule has 0 spiro atoms. The Kier molecular flexibility index (Phi) is 1.39. The van der Waals surface area contributed by atoms with Crippen LogP contribution in [0.3, 0.4) is 0 Å². The molecule has 1 saturated heterocycles. The molecule has 0 saturated carbocycles. The van der Waals surface area contributed by atoms with Crippen molar-refractivity contribution in [3.05, 3.63) is 12.5 Å². The summed E-state index contributed by atoms with van der Waals surface area (Å²) >= 11 is 0. The highest BCUT2D eigenvalue weighted by Gasteiger charge is 2.29. The van der Waals surface area contributed by atoms with Gasteiger partial charge >= 0.3 is 0 Å². The average Bonchev–Trinajstić information content (AvgIpc) is 2.13. The summed E-state index contributed by atoms with van der Waals surface area (Å²) in [6.45, 7) is 8.68. The van der Waals surface area contributed by atoms with Crippen LogP contribution in [-0.2, 0) is 4.74 Å². The second kappa shape index (κ2) is 1.94. The molecule has 0 aromatic heterocycles. The summed E-state index contributed by atoms with van der Waals surface area (Å²) in [6, 6.07) is 0. The van der Waals surface area contributed by atoms with Crippen LogP contribution in [-0.4, -0.2) is 12.1 Å². The zero-order chi connectivity index (χ0) is 6.91. The molecule has 0 aliphatic carbocycles. The van der Waals surface area contributed by atoms with Crippen molar-refractivity contribution >= 4 is 0 Å². The first kappa shape index (κ1) is 6.46. The Balaban J connectivity index is 2.54. The molecule has 0 amide bonds. The van der Waals surface area contributed by atoms with Gasteiger partial charge in [0.25, 0.3) is 0 Å². The molecule has 0 radical (unpaired) electrons. The fourth-order valence-electron chi connectivity index (χ4n) is 0.846. The van der Waals surface area contributed by atoms with Crippen LogP contribution in [0.25, 0.3) is 0 Å². The minimum Gasteiger partial charge on any atom is -0.477 e. The average molecular weight is 127 g/mol. The largest absolute Gasteiger partial charge is 0.477 e. The molecule has 0 aromatic rings. The summed E-state index contributed by atoms with van der Waals surface area (Å²) in [7, 11) is 0. The summed E-state index contributed by atoms with van der Waals surface area (Å²) in [6.07, 6.45) is 1.08. The zero-order valence-corrected chi connectivity index (χ0v) is 6.03. The van der Waals surface area contributed by atoms with E-state index in [0.717, 1.165) is 13.0 Å². The molecule has 1 unspecified atom stereocenters. The van der Waals surface area contributed by atoms with Gasteiger partial charge in [0, 0.05) is 0 Å². The monoisotopic (exact) mass is 127 g/mol. The summed E-state index contributed by atoms with van der Waals surface area (Å²) in [4.78, 5) is 0. The van der Waals surface area contributed by atoms with Crippen molar-refractivity contribution in [2.24, 2.45) is 0 Å². The number of hydrogen-bond acceptors (Lipinski definition) is 2. The van der Waals surface area contributed by atoms with E-state index in [1.165, 1.54) is 0 Å². The van der Waals surface area contributed by atoms with Crippen LogP contribution in [0.15, 0.2) is 12.5 Å². The lowest BCUT2D eigenvalue weighted by Crippen LogP contribution is -2.36. The maximum atomic E-state index is 5.15. The highest BCUT2D eigenvalue weighted by Crippen LogP contribution is 2.18.